The first-order valence-corrected chi connectivity index (χ1v) is 6.81. The van der Waals surface area contributed by atoms with E-state index in [-0.39, 0.29) is 11.5 Å². The van der Waals surface area contributed by atoms with Gasteiger partial charge in [0.2, 0.25) is 0 Å². The van der Waals surface area contributed by atoms with Crippen LogP contribution in [0.15, 0.2) is 42.5 Å². The molecule has 2 aromatic carbocycles. The van der Waals surface area contributed by atoms with Crippen molar-refractivity contribution >= 4 is 17.6 Å². The Morgan fingerprint density at radius 1 is 1.19 bits per heavy atom. The summed E-state index contributed by atoms with van der Waals surface area (Å²) in [5, 5.41) is 9.21. The zero-order valence-corrected chi connectivity index (χ0v) is 11.7. The summed E-state index contributed by atoms with van der Waals surface area (Å²) in [6, 6.07) is 12.7. The molecule has 1 aliphatic heterocycles. The van der Waals surface area contributed by atoms with E-state index in [2.05, 4.69) is 0 Å². The monoisotopic (exact) mass is 281 g/mol. The molecular weight excluding hydrogens is 266 g/mol. The predicted molar refractivity (Wildman–Crippen MR) is 80.0 cm³/mol. The first-order chi connectivity index (χ1) is 10.1. The Balaban J connectivity index is 2.01. The number of aromatic carboxylic acids is 1. The third kappa shape index (κ3) is 2.29. The van der Waals surface area contributed by atoms with E-state index < -0.39 is 5.97 Å². The zero-order valence-electron chi connectivity index (χ0n) is 11.7. The summed E-state index contributed by atoms with van der Waals surface area (Å²) in [6.07, 6.45) is 0.776. The minimum absolute atomic E-state index is 0.0722. The van der Waals surface area contributed by atoms with Gasteiger partial charge in [0.25, 0.3) is 5.91 Å². The largest absolute Gasteiger partial charge is 0.478 e. The molecule has 1 N–H and O–H groups in total. The summed E-state index contributed by atoms with van der Waals surface area (Å²) in [5.41, 5.74) is 3.30. The predicted octanol–water partition coefficient (Wildman–Crippen LogP) is 2.90. The van der Waals surface area contributed by atoms with Crippen molar-refractivity contribution in [3.8, 4) is 0 Å². The van der Waals surface area contributed by atoms with Crippen LogP contribution in [-0.2, 0) is 6.42 Å². The molecule has 21 heavy (non-hydrogen) atoms. The number of rotatable bonds is 2. The second-order valence-electron chi connectivity index (χ2n) is 5.17. The number of hydrogen-bond donors (Lipinski definition) is 1. The van der Waals surface area contributed by atoms with Gasteiger partial charge in [-0.1, -0.05) is 24.3 Å². The Bertz CT molecular complexity index is 737. The van der Waals surface area contributed by atoms with Crippen molar-refractivity contribution in [2.75, 3.05) is 11.4 Å². The van der Waals surface area contributed by atoms with Crippen molar-refractivity contribution in [2.45, 2.75) is 13.3 Å². The van der Waals surface area contributed by atoms with Crippen molar-refractivity contribution in [3.63, 3.8) is 0 Å². The number of amides is 1. The maximum absolute atomic E-state index is 12.6. The molecule has 0 saturated heterocycles. The maximum Gasteiger partial charge on any atom is 0.336 e. The molecule has 0 aromatic heterocycles. The number of fused-ring (bicyclic) bond motifs is 1. The van der Waals surface area contributed by atoms with Gasteiger partial charge in [-0.05, 0) is 42.7 Å². The Hall–Kier alpha value is -2.62. The first-order valence-electron chi connectivity index (χ1n) is 6.81. The standard InChI is InChI=1S/C17H15NO3/c1-11-6-7-13(10-15(11)17(20)21)18-9-8-12-4-2-3-5-14(12)16(18)19/h2-7,10H,8-9H2,1H3,(H,20,21). The lowest BCUT2D eigenvalue weighted by Gasteiger charge is -2.29. The number of carbonyl (C=O) groups excluding carboxylic acids is 1. The summed E-state index contributed by atoms with van der Waals surface area (Å²) >= 11 is 0. The molecule has 3 rings (SSSR count). The number of carboxylic acid groups (broad SMARTS) is 1. The molecule has 0 unspecified atom stereocenters. The average Bonchev–Trinajstić information content (AvgIpc) is 2.48. The van der Waals surface area contributed by atoms with Crippen LogP contribution in [0.5, 0.6) is 0 Å². The first kappa shape index (κ1) is 13.4. The highest BCUT2D eigenvalue weighted by Crippen LogP contribution is 2.26. The molecular formula is C17H15NO3. The van der Waals surface area contributed by atoms with Crippen molar-refractivity contribution < 1.29 is 14.7 Å². The van der Waals surface area contributed by atoms with E-state index in [1.54, 1.807) is 30.0 Å². The maximum atomic E-state index is 12.6. The smallest absolute Gasteiger partial charge is 0.336 e. The number of nitrogens with zero attached hydrogens (tertiary/aromatic N) is 1. The lowest BCUT2D eigenvalue weighted by Crippen LogP contribution is -2.37. The molecule has 0 saturated carbocycles. The third-order valence-corrected chi connectivity index (χ3v) is 3.86. The van der Waals surface area contributed by atoms with E-state index in [0.717, 1.165) is 12.0 Å². The molecule has 1 aliphatic rings. The summed E-state index contributed by atoms with van der Waals surface area (Å²) in [7, 11) is 0. The quantitative estimate of drug-likeness (QED) is 0.920. The molecule has 0 atom stereocenters. The van der Waals surface area contributed by atoms with Crippen molar-refractivity contribution in [3.05, 3.63) is 64.7 Å². The Morgan fingerprint density at radius 2 is 1.95 bits per heavy atom. The van der Waals surface area contributed by atoms with Gasteiger partial charge in [-0.3, -0.25) is 4.79 Å². The minimum Gasteiger partial charge on any atom is -0.478 e. The van der Waals surface area contributed by atoms with Gasteiger partial charge in [-0.2, -0.15) is 0 Å². The molecule has 2 aromatic rings. The number of benzene rings is 2. The summed E-state index contributed by atoms with van der Waals surface area (Å²) in [4.78, 5) is 25.4. The second kappa shape index (κ2) is 5.05. The van der Waals surface area contributed by atoms with E-state index in [4.69, 9.17) is 0 Å². The van der Waals surface area contributed by atoms with E-state index in [1.807, 2.05) is 24.3 Å². The minimum atomic E-state index is -0.973. The highest BCUT2D eigenvalue weighted by atomic mass is 16.4. The van der Waals surface area contributed by atoms with Crippen LogP contribution in [0.4, 0.5) is 5.69 Å². The molecule has 4 heteroatoms. The Morgan fingerprint density at radius 3 is 2.71 bits per heavy atom. The zero-order chi connectivity index (χ0) is 15.0. The molecule has 0 bridgehead atoms. The number of anilines is 1. The molecule has 1 heterocycles. The summed E-state index contributed by atoms with van der Waals surface area (Å²) in [5.74, 6) is -1.05. The van der Waals surface area contributed by atoms with Gasteiger partial charge in [0.1, 0.15) is 0 Å². The van der Waals surface area contributed by atoms with Crippen LogP contribution in [0.2, 0.25) is 0 Å². The fourth-order valence-electron chi connectivity index (χ4n) is 2.68. The van der Waals surface area contributed by atoms with Crippen molar-refractivity contribution in [1.82, 2.24) is 0 Å². The number of carbonyl (C=O) groups is 2. The van der Waals surface area contributed by atoms with Crippen molar-refractivity contribution in [2.24, 2.45) is 0 Å². The van der Waals surface area contributed by atoms with E-state index >= 15 is 0 Å². The lowest BCUT2D eigenvalue weighted by atomic mass is 9.98. The van der Waals surface area contributed by atoms with Crippen LogP contribution in [-0.4, -0.2) is 23.5 Å². The third-order valence-electron chi connectivity index (χ3n) is 3.86. The highest BCUT2D eigenvalue weighted by molar-refractivity contribution is 6.08. The van der Waals surface area contributed by atoms with Gasteiger partial charge < -0.3 is 10.0 Å². The Kier molecular flexibility index (Phi) is 3.22. The van der Waals surface area contributed by atoms with E-state index in [9.17, 15) is 14.7 Å². The number of carboxylic acids is 1. The molecule has 0 spiro atoms. The lowest BCUT2D eigenvalue weighted by molar-refractivity contribution is 0.0695. The van der Waals surface area contributed by atoms with Crippen LogP contribution in [0.3, 0.4) is 0 Å². The van der Waals surface area contributed by atoms with E-state index in [1.165, 1.54) is 0 Å². The van der Waals surface area contributed by atoms with Gasteiger partial charge in [-0.25, -0.2) is 4.79 Å². The van der Waals surface area contributed by atoms with Crippen LogP contribution in [0.1, 0.15) is 31.8 Å². The molecule has 106 valence electrons. The normalized spacial score (nSPS) is 14.0. The summed E-state index contributed by atoms with van der Waals surface area (Å²) in [6.45, 7) is 2.32. The second-order valence-corrected chi connectivity index (χ2v) is 5.17. The van der Waals surface area contributed by atoms with Gasteiger partial charge >= 0.3 is 5.97 Å². The summed E-state index contributed by atoms with van der Waals surface area (Å²) < 4.78 is 0. The van der Waals surface area contributed by atoms with Crippen molar-refractivity contribution in [1.29, 1.82) is 0 Å². The fourth-order valence-corrected chi connectivity index (χ4v) is 2.68. The van der Waals surface area contributed by atoms with Gasteiger partial charge in [-0.15, -0.1) is 0 Å². The molecule has 1 amide bonds. The molecule has 0 radical (unpaired) electrons. The van der Waals surface area contributed by atoms with Crippen LogP contribution in [0, 0.1) is 6.92 Å². The highest BCUT2D eigenvalue weighted by Gasteiger charge is 2.25. The number of hydrogen-bond acceptors (Lipinski definition) is 2. The van der Waals surface area contributed by atoms with Crippen LogP contribution in [0.25, 0.3) is 0 Å². The van der Waals surface area contributed by atoms with Gasteiger partial charge in [0.15, 0.2) is 0 Å². The molecule has 4 nitrogen and oxygen atoms in total. The van der Waals surface area contributed by atoms with Gasteiger partial charge in [0.05, 0.1) is 5.56 Å². The molecule has 0 fully saturated rings. The number of aryl methyl sites for hydroxylation is 1. The van der Waals surface area contributed by atoms with Crippen LogP contribution < -0.4 is 4.90 Å². The SMILES string of the molecule is Cc1ccc(N2CCc3ccccc3C2=O)cc1C(=O)O. The topological polar surface area (TPSA) is 57.6 Å². The van der Waals surface area contributed by atoms with Crippen LogP contribution >= 0.6 is 0 Å². The van der Waals surface area contributed by atoms with E-state index in [0.29, 0.717) is 23.4 Å². The average molecular weight is 281 g/mol. The molecule has 0 aliphatic carbocycles. The Labute approximate surface area is 122 Å². The van der Waals surface area contributed by atoms with Gasteiger partial charge in [0, 0.05) is 17.8 Å². The fraction of sp³-hybridized carbons (Fsp3) is 0.176.